The van der Waals surface area contributed by atoms with Crippen LogP contribution < -0.4 is 0 Å². The molecule has 2 atom stereocenters. The zero-order valence-electron chi connectivity index (χ0n) is 17.1. The summed E-state index contributed by atoms with van der Waals surface area (Å²) in [6.07, 6.45) is 14.2. The molecule has 1 aliphatic rings. The lowest BCUT2D eigenvalue weighted by atomic mass is 9.75. The van der Waals surface area contributed by atoms with Crippen LogP contribution in [0.2, 0.25) is 0 Å². The molecule has 0 aromatic carbocycles. The average molecular weight is 402 g/mol. The molecule has 0 aromatic heterocycles. The van der Waals surface area contributed by atoms with Crippen molar-refractivity contribution in [3.63, 3.8) is 0 Å². The van der Waals surface area contributed by atoms with E-state index in [9.17, 15) is 10.3 Å². The zero-order valence-corrected chi connectivity index (χ0v) is 17.1. The lowest BCUT2D eigenvalue weighted by Gasteiger charge is -2.46. The minimum Gasteiger partial charge on any atom is -0.411 e. The smallest absolute Gasteiger partial charge is 0.135 e. The van der Waals surface area contributed by atoms with Crippen molar-refractivity contribution in [3.8, 4) is 0 Å². The Morgan fingerprint density at radius 2 is 1.86 bits per heavy atom. The van der Waals surface area contributed by atoms with Crippen LogP contribution in [0.3, 0.4) is 0 Å². The minimum absolute atomic E-state index is 0.315. The molecule has 0 spiro atoms. The highest BCUT2D eigenvalue weighted by Crippen LogP contribution is 2.36. The van der Waals surface area contributed by atoms with E-state index in [1.165, 1.54) is 24.6 Å². The monoisotopic (exact) mass is 401 g/mol. The van der Waals surface area contributed by atoms with Crippen molar-refractivity contribution in [1.29, 1.82) is 0 Å². The van der Waals surface area contributed by atoms with Gasteiger partial charge in [-0.2, -0.15) is 0 Å². The van der Waals surface area contributed by atoms with Gasteiger partial charge in [-0.15, -0.1) is 0 Å². The molecule has 3 N–H and O–H groups in total. The van der Waals surface area contributed by atoms with Crippen LogP contribution in [0.4, 0.5) is 0 Å². The first-order valence-electron chi connectivity index (χ1n) is 9.35. The molecular weight excluding hydrogens is 370 g/mol. The second kappa shape index (κ2) is 12.7. The number of nitrogens with zero attached hydrogens (tertiary/aromatic N) is 3. The van der Waals surface area contributed by atoms with E-state index in [4.69, 9.17) is 9.94 Å². The van der Waals surface area contributed by atoms with Crippen molar-refractivity contribution in [2.24, 2.45) is 10.3 Å². The van der Waals surface area contributed by atoms with Crippen molar-refractivity contribution in [3.05, 3.63) is 72.4 Å². The van der Waals surface area contributed by atoms with Gasteiger partial charge in [0.25, 0.3) is 0 Å². The number of oxime groups is 2. The molecule has 1 heterocycles. The topological polar surface area (TPSA) is 97.9 Å². The van der Waals surface area contributed by atoms with Gasteiger partial charge >= 0.3 is 0 Å². The summed E-state index contributed by atoms with van der Waals surface area (Å²) in [4.78, 5) is 2.11. The number of hydrogen-bond acceptors (Lipinski definition) is 7. The third-order valence-corrected chi connectivity index (χ3v) is 4.66. The molecule has 0 aliphatic carbocycles. The first kappa shape index (κ1) is 24.3. The molecule has 7 nitrogen and oxygen atoms in total. The van der Waals surface area contributed by atoms with Crippen LogP contribution >= 0.6 is 0 Å². The predicted molar refractivity (Wildman–Crippen MR) is 117 cm³/mol. The van der Waals surface area contributed by atoms with Crippen molar-refractivity contribution >= 4 is 12.4 Å². The van der Waals surface area contributed by atoms with Gasteiger partial charge in [0, 0.05) is 18.7 Å². The van der Waals surface area contributed by atoms with Crippen molar-refractivity contribution < 1.29 is 20.3 Å². The lowest BCUT2D eigenvalue weighted by molar-refractivity contribution is -0.0261. The van der Waals surface area contributed by atoms with Crippen molar-refractivity contribution in [2.75, 3.05) is 26.3 Å². The maximum atomic E-state index is 12.1. The van der Waals surface area contributed by atoms with Gasteiger partial charge < -0.3 is 20.3 Å². The number of rotatable bonds is 10. The minimum atomic E-state index is -1.65. The molecule has 0 radical (unpaired) electrons. The molecule has 29 heavy (non-hydrogen) atoms. The summed E-state index contributed by atoms with van der Waals surface area (Å²) >= 11 is 0. The van der Waals surface area contributed by atoms with E-state index in [1.807, 2.05) is 32.1 Å². The van der Waals surface area contributed by atoms with Gasteiger partial charge in [0.15, 0.2) is 0 Å². The zero-order chi connectivity index (χ0) is 21.7. The molecule has 1 rings (SSSR count). The van der Waals surface area contributed by atoms with Crippen LogP contribution in [0, 0.1) is 0 Å². The number of morpholine rings is 1. The van der Waals surface area contributed by atoms with E-state index in [1.54, 1.807) is 12.2 Å². The fraction of sp³-hybridized carbons (Fsp3) is 0.364. The van der Waals surface area contributed by atoms with Crippen LogP contribution in [0.5, 0.6) is 0 Å². The summed E-state index contributed by atoms with van der Waals surface area (Å²) < 4.78 is 5.48. The molecule has 1 fully saturated rings. The first-order valence-corrected chi connectivity index (χ1v) is 9.35. The number of ether oxygens (including phenoxy) is 1. The highest BCUT2D eigenvalue weighted by molar-refractivity contribution is 5.84. The average Bonchev–Trinajstić information content (AvgIpc) is 2.73. The molecule has 2 unspecified atom stereocenters. The number of aliphatic hydroxyl groups is 1. The Labute approximate surface area is 172 Å². The fourth-order valence-electron chi connectivity index (χ4n) is 3.36. The molecule has 0 saturated carbocycles. The molecule has 0 bridgehead atoms. The number of allylic oxidation sites excluding steroid dienone is 6. The largest absolute Gasteiger partial charge is 0.411 e. The molecular formula is C22H31N3O4. The molecule has 7 heteroatoms. The predicted octanol–water partition coefficient (Wildman–Crippen LogP) is 3.09. The summed E-state index contributed by atoms with van der Waals surface area (Å²) in [6, 6.07) is -0.519. The standard InChI is InChI=1S/C22H31N3O4/c1-5-7-10-18(3)21(25-13-15-29-16-14-25)22(26,19(4)11-8-12-23-27)20(9-6-2)17-24-28/h5-12,17,21,26-28H,2,4,13-16H2,1,3H3/b7-5-,11-8-,18-10+,20-9+,23-12+,24-17+. The van der Waals surface area contributed by atoms with E-state index in [0.29, 0.717) is 37.4 Å². The summed E-state index contributed by atoms with van der Waals surface area (Å²) in [7, 11) is 0. The summed E-state index contributed by atoms with van der Waals surface area (Å²) in [5.74, 6) is 0. The first-order chi connectivity index (χ1) is 14.0. The fourth-order valence-corrected chi connectivity index (χ4v) is 3.36. The SMILES string of the molecule is C=C/C=C(\C=N\O)C(O)(C(=C)/C=C\C=N\O)C(/C(C)=C/C=C\C)N1CCOCC1. The van der Waals surface area contributed by atoms with Gasteiger partial charge in [-0.3, -0.25) is 4.90 Å². The normalized spacial score (nSPS) is 20.7. The highest BCUT2D eigenvalue weighted by atomic mass is 16.5. The summed E-state index contributed by atoms with van der Waals surface area (Å²) in [6.45, 7) is 13.9. The van der Waals surface area contributed by atoms with Crippen LogP contribution in [0.25, 0.3) is 0 Å². The van der Waals surface area contributed by atoms with Crippen LogP contribution in [0.15, 0.2) is 82.7 Å². The Bertz CT molecular complexity index is 728. The number of hydrogen-bond donors (Lipinski definition) is 3. The molecule has 1 aliphatic heterocycles. The highest BCUT2D eigenvalue weighted by Gasteiger charge is 2.45. The van der Waals surface area contributed by atoms with E-state index < -0.39 is 11.6 Å². The van der Waals surface area contributed by atoms with Gasteiger partial charge in [0.05, 0.1) is 31.7 Å². The molecule has 0 aromatic rings. The second-order valence-electron chi connectivity index (χ2n) is 6.50. The van der Waals surface area contributed by atoms with E-state index in [-0.39, 0.29) is 0 Å². The maximum Gasteiger partial charge on any atom is 0.135 e. The second-order valence-corrected chi connectivity index (χ2v) is 6.50. The third kappa shape index (κ3) is 6.39. The summed E-state index contributed by atoms with van der Waals surface area (Å²) in [5.41, 5.74) is -0.121. The Balaban J connectivity index is 3.70. The third-order valence-electron chi connectivity index (χ3n) is 4.66. The van der Waals surface area contributed by atoms with Crippen molar-refractivity contribution in [1.82, 2.24) is 4.90 Å². The lowest BCUT2D eigenvalue weighted by Crippen LogP contribution is -2.58. The maximum absolute atomic E-state index is 12.1. The Hall–Kier alpha value is -2.74. The van der Waals surface area contributed by atoms with E-state index >= 15 is 0 Å². The Morgan fingerprint density at radius 1 is 1.17 bits per heavy atom. The van der Waals surface area contributed by atoms with Gasteiger partial charge in [0.2, 0.25) is 0 Å². The molecule has 158 valence electrons. The van der Waals surface area contributed by atoms with Crippen LogP contribution in [-0.2, 0) is 4.74 Å². The van der Waals surface area contributed by atoms with Gasteiger partial charge in [0.1, 0.15) is 5.60 Å². The summed E-state index contributed by atoms with van der Waals surface area (Å²) in [5, 5.41) is 36.0. The Morgan fingerprint density at radius 3 is 2.41 bits per heavy atom. The Kier molecular flexibility index (Phi) is 10.6. The van der Waals surface area contributed by atoms with Gasteiger partial charge in [-0.1, -0.05) is 65.5 Å². The van der Waals surface area contributed by atoms with Crippen LogP contribution in [-0.4, -0.2) is 70.8 Å². The van der Waals surface area contributed by atoms with Crippen LogP contribution in [0.1, 0.15) is 13.8 Å². The van der Waals surface area contributed by atoms with Gasteiger partial charge in [-0.05, 0) is 25.5 Å². The van der Waals surface area contributed by atoms with Gasteiger partial charge in [-0.25, -0.2) is 0 Å². The van der Waals surface area contributed by atoms with Crippen molar-refractivity contribution in [2.45, 2.75) is 25.5 Å². The van der Waals surface area contributed by atoms with E-state index in [0.717, 1.165) is 5.57 Å². The van der Waals surface area contributed by atoms with E-state index in [2.05, 4.69) is 28.4 Å². The molecule has 0 amide bonds. The molecule has 1 saturated heterocycles. The quantitative estimate of drug-likeness (QED) is 0.226.